The van der Waals surface area contributed by atoms with Crippen molar-refractivity contribution in [2.75, 3.05) is 18.0 Å². The molecule has 0 radical (unpaired) electrons. The van der Waals surface area contributed by atoms with Gasteiger partial charge in [-0.2, -0.15) is 0 Å². The van der Waals surface area contributed by atoms with Crippen molar-refractivity contribution in [1.82, 2.24) is 5.32 Å². The Labute approximate surface area is 137 Å². The SMILES string of the molecule is CC[C@@H]1CN(CC(=O)NC2CCCCC2)c2ccccc2S1. The van der Waals surface area contributed by atoms with Gasteiger partial charge in [0.15, 0.2) is 0 Å². The average molecular weight is 318 g/mol. The third-order valence-corrected chi connectivity index (χ3v) is 6.10. The van der Waals surface area contributed by atoms with Crippen LogP contribution in [0.3, 0.4) is 0 Å². The minimum absolute atomic E-state index is 0.184. The summed E-state index contributed by atoms with van der Waals surface area (Å²) in [5, 5.41) is 3.82. The van der Waals surface area contributed by atoms with Crippen LogP contribution in [0.15, 0.2) is 29.2 Å². The van der Waals surface area contributed by atoms with E-state index in [9.17, 15) is 4.79 Å². The third-order valence-electron chi connectivity index (χ3n) is 4.68. The van der Waals surface area contributed by atoms with Crippen LogP contribution < -0.4 is 10.2 Å². The fourth-order valence-electron chi connectivity index (χ4n) is 3.43. The van der Waals surface area contributed by atoms with Crippen LogP contribution in [0.1, 0.15) is 45.4 Å². The number of thioether (sulfide) groups is 1. The van der Waals surface area contributed by atoms with Crippen molar-refractivity contribution in [2.45, 2.75) is 61.6 Å². The first-order chi connectivity index (χ1) is 10.8. The average Bonchev–Trinajstić information content (AvgIpc) is 2.55. The number of nitrogens with zero attached hydrogens (tertiary/aromatic N) is 1. The van der Waals surface area contributed by atoms with Gasteiger partial charge in [0.25, 0.3) is 0 Å². The van der Waals surface area contributed by atoms with Gasteiger partial charge in [-0.15, -0.1) is 11.8 Å². The number of carbonyl (C=O) groups is 1. The number of para-hydroxylation sites is 1. The highest BCUT2D eigenvalue weighted by atomic mass is 32.2. The van der Waals surface area contributed by atoms with Crippen LogP contribution in [-0.4, -0.2) is 30.3 Å². The zero-order valence-electron chi connectivity index (χ0n) is 13.4. The molecule has 1 heterocycles. The van der Waals surface area contributed by atoms with Crippen molar-refractivity contribution in [3.63, 3.8) is 0 Å². The van der Waals surface area contributed by atoms with Gasteiger partial charge in [-0.25, -0.2) is 0 Å². The van der Waals surface area contributed by atoms with E-state index in [0.29, 0.717) is 17.8 Å². The van der Waals surface area contributed by atoms with Crippen molar-refractivity contribution in [3.8, 4) is 0 Å². The topological polar surface area (TPSA) is 32.3 Å². The number of hydrogen-bond donors (Lipinski definition) is 1. The van der Waals surface area contributed by atoms with E-state index in [0.717, 1.165) is 25.8 Å². The molecule has 0 aromatic heterocycles. The van der Waals surface area contributed by atoms with Crippen LogP contribution in [0.2, 0.25) is 0 Å². The number of amides is 1. The van der Waals surface area contributed by atoms with Gasteiger partial charge in [-0.1, -0.05) is 38.3 Å². The molecule has 0 saturated heterocycles. The quantitative estimate of drug-likeness (QED) is 0.916. The second-order valence-corrected chi connectivity index (χ2v) is 7.74. The summed E-state index contributed by atoms with van der Waals surface area (Å²) in [6, 6.07) is 8.87. The second kappa shape index (κ2) is 7.40. The normalized spacial score (nSPS) is 22.2. The second-order valence-electron chi connectivity index (χ2n) is 6.40. The molecule has 1 aromatic carbocycles. The lowest BCUT2D eigenvalue weighted by molar-refractivity contribution is -0.120. The molecule has 4 heteroatoms. The molecule has 1 atom stereocenters. The van der Waals surface area contributed by atoms with Gasteiger partial charge in [0.05, 0.1) is 12.2 Å². The van der Waals surface area contributed by atoms with Crippen LogP contribution in [0, 0.1) is 0 Å². The van der Waals surface area contributed by atoms with Crippen LogP contribution in [0.5, 0.6) is 0 Å². The summed E-state index contributed by atoms with van der Waals surface area (Å²) >= 11 is 1.95. The Morgan fingerprint density at radius 3 is 2.82 bits per heavy atom. The predicted molar refractivity (Wildman–Crippen MR) is 93.6 cm³/mol. The molecular formula is C18H26N2OS. The largest absolute Gasteiger partial charge is 0.360 e. The molecule has 3 rings (SSSR count). The maximum atomic E-state index is 12.4. The first kappa shape index (κ1) is 15.7. The minimum Gasteiger partial charge on any atom is -0.360 e. The molecule has 1 aliphatic carbocycles. The van der Waals surface area contributed by atoms with Crippen molar-refractivity contribution < 1.29 is 4.79 Å². The Morgan fingerprint density at radius 2 is 2.05 bits per heavy atom. The molecule has 1 aromatic rings. The highest BCUT2D eigenvalue weighted by Gasteiger charge is 2.26. The van der Waals surface area contributed by atoms with E-state index in [1.165, 1.54) is 29.8 Å². The van der Waals surface area contributed by atoms with Gasteiger partial charge in [0.2, 0.25) is 5.91 Å². The van der Waals surface area contributed by atoms with Gasteiger partial charge in [-0.3, -0.25) is 4.79 Å². The van der Waals surface area contributed by atoms with Crippen molar-refractivity contribution in [3.05, 3.63) is 24.3 Å². The molecular weight excluding hydrogens is 292 g/mol. The lowest BCUT2D eigenvalue weighted by Crippen LogP contribution is -2.45. The first-order valence-electron chi connectivity index (χ1n) is 8.56. The summed E-state index contributed by atoms with van der Waals surface area (Å²) in [4.78, 5) is 16.0. The van der Waals surface area contributed by atoms with E-state index in [2.05, 4.69) is 41.4 Å². The minimum atomic E-state index is 0.184. The molecule has 0 bridgehead atoms. The van der Waals surface area contributed by atoms with Gasteiger partial charge in [-0.05, 0) is 31.4 Å². The standard InChI is InChI=1S/C18H26N2OS/c1-2-15-12-20(16-10-6-7-11-17(16)22-15)13-18(21)19-14-8-4-3-5-9-14/h6-7,10-11,14-15H,2-5,8-9,12-13H2,1H3,(H,19,21)/t15-/m1/s1. The molecule has 1 aliphatic heterocycles. The number of anilines is 1. The summed E-state index contributed by atoms with van der Waals surface area (Å²) in [7, 11) is 0. The Morgan fingerprint density at radius 1 is 1.27 bits per heavy atom. The Hall–Kier alpha value is -1.16. The first-order valence-corrected chi connectivity index (χ1v) is 9.44. The van der Waals surface area contributed by atoms with Crippen LogP contribution >= 0.6 is 11.8 Å². The maximum Gasteiger partial charge on any atom is 0.239 e. The molecule has 3 nitrogen and oxygen atoms in total. The summed E-state index contributed by atoms with van der Waals surface area (Å²) < 4.78 is 0. The summed E-state index contributed by atoms with van der Waals surface area (Å²) in [6.07, 6.45) is 7.27. The number of nitrogens with one attached hydrogen (secondary N) is 1. The van der Waals surface area contributed by atoms with E-state index in [4.69, 9.17) is 0 Å². The fraction of sp³-hybridized carbons (Fsp3) is 0.611. The van der Waals surface area contributed by atoms with E-state index in [1.807, 2.05) is 11.8 Å². The maximum absolute atomic E-state index is 12.4. The number of benzene rings is 1. The lowest BCUT2D eigenvalue weighted by Gasteiger charge is -2.35. The van der Waals surface area contributed by atoms with E-state index < -0.39 is 0 Å². The van der Waals surface area contributed by atoms with E-state index in [1.54, 1.807) is 0 Å². The molecule has 0 spiro atoms. The fourth-order valence-corrected chi connectivity index (χ4v) is 4.69. The molecule has 1 amide bonds. The van der Waals surface area contributed by atoms with Gasteiger partial charge in [0.1, 0.15) is 0 Å². The lowest BCUT2D eigenvalue weighted by atomic mass is 9.95. The van der Waals surface area contributed by atoms with Gasteiger partial charge >= 0.3 is 0 Å². The predicted octanol–water partition coefficient (Wildman–Crippen LogP) is 3.83. The molecule has 0 unspecified atom stereocenters. The molecule has 1 N–H and O–H groups in total. The Kier molecular flexibility index (Phi) is 5.29. The Bertz CT molecular complexity index is 514. The monoisotopic (exact) mass is 318 g/mol. The van der Waals surface area contributed by atoms with Gasteiger partial charge in [0, 0.05) is 22.7 Å². The molecule has 1 saturated carbocycles. The van der Waals surface area contributed by atoms with Crippen molar-refractivity contribution in [2.24, 2.45) is 0 Å². The molecule has 1 fully saturated rings. The van der Waals surface area contributed by atoms with Gasteiger partial charge < -0.3 is 10.2 Å². The van der Waals surface area contributed by atoms with Crippen molar-refractivity contribution >= 4 is 23.4 Å². The number of rotatable bonds is 4. The number of hydrogen-bond acceptors (Lipinski definition) is 3. The summed E-state index contributed by atoms with van der Waals surface area (Å²) in [5.74, 6) is 0.184. The van der Waals surface area contributed by atoms with E-state index in [-0.39, 0.29) is 5.91 Å². The smallest absolute Gasteiger partial charge is 0.239 e. The van der Waals surface area contributed by atoms with Crippen LogP contribution in [0.25, 0.3) is 0 Å². The number of fused-ring (bicyclic) bond motifs is 1. The number of carbonyl (C=O) groups excluding carboxylic acids is 1. The summed E-state index contributed by atoms with van der Waals surface area (Å²) in [5.41, 5.74) is 1.22. The van der Waals surface area contributed by atoms with Crippen LogP contribution in [-0.2, 0) is 4.79 Å². The molecule has 120 valence electrons. The van der Waals surface area contributed by atoms with E-state index >= 15 is 0 Å². The highest BCUT2D eigenvalue weighted by Crippen LogP contribution is 2.39. The third kappa shape index (κ3) is 3.78. The molecule has 22 heavy (non-hydrogen) atoms. The highest BCUT2D eigenvalue weighted by molar-refractivity contribution is 8.00. The van der Waals surface area contributed by atoms with Crippen LogP contribution in [0.4, 0.5) is 5.69 Å². The van der Waals surface area contributed by atoms with Crippen molar-refractivity contribution in [1.29, 1.82) is 0 Å². The zero-order chi connectivity index (χ0) is 15.4. The Balaban J connectivity index is 1.64. The molecule has 2 aliphatic rings. The zero-order valence-corrected chi connectivity index (χ0v) is 14.2. The summed E-state index contributed by atoms with van der Waals surface area (Å²) in [6.45, 7) is 3.69.